The molecule has 1 amide bonds. The van der Waals surface area contributed by atoms with Gasteiger partial charge in [-0.3, -0.25) is 23.9 Å². The van der Waals surface area contributed by atoms with E-state index in [1.165, 1.54) is 4.57 Å². The molecule has 4 rings (SSSR count). The quantitative estimate of drug-likeness (QED) is 0.663. The van der Waals surface area contributed by atoms with Crippen molar-refractivity contribution in [2.24, 2.45) is 0 Å². The minimum Gasteiger partial charge on any atom is -0.490 e. The highest BCUT2D eigenvalue weighted by molar-refractivity contribution is 5.99. The van der Waals surface area contributed by atoms with E-state index in [2.05, 4.69) is 10.3 Å². The van der Waals surface area contributed by atoms with Crippen LogP contribution in [0, 0.1) is 0 Å². The third kappa shape index (κ3) is 4.70. The molecule has 1 aliphatic carbocycles. The molecule has 9 nitrogen and oxygen atoms in total. The molecule has 0 unspecified atom stereocenters. The summed E-state index contributed by atoms with van der Waals surface area (Å²) in [5.41, 5.74) is 0.949. The summed E-state index contributed by atoms with van der Waals surface area (Å²) in [6.45, 7) is 1.09. The van der Waals surface area contributed by atoms with Crippen molar-refractivity contribution in [1.82, 2.24) is 14.9 Å². The number of amides is 1. The maximum atomic E-state index is 12.5. The van der Waals surface area contributed by atoms with E-state index in [-0.39, 0.29) is 36.8 Å². The number of H-pyrrole nitrogens is 1. The van der Waals surface area contributed by atoms with E-state index in [4.69, 9.17) is 9.47 Å². The molecule has 2 heterocycles. The number of Topliss-reactive ketones (excluding diaryl/α,β-unsaturated/α-hetero) is 1. The molecule has 2 N–H and O–H groups in total. The molecule has 0 bridgehead atoms. The molecule has 2 aliphatic rings. The predicted molar refractivity (Wildman–Crippen MR) is 112 cm³/mol. The number of aromatic nitrogens is 2. The highest BCUT2D eigenvalue weighted by atomic mass is 16.5. The van der Waals surface area contributed by atoms with Gasteiger partial charge in [-0.05, 0) is 43.9 Å². The van der Waals surface area contributed by atoms with Gasteiger partial charge in [0.1, 0.15) is 0 Å². The van der Waals surface area contributed by atoms with Crippen LogP contribution in [0.4, 0.5) is 0 Å². The van der Waals surface area contributed by atoms with Gasteiger partial charge in [-0.2, -0.15) is 0 Å². The Morgan fingerprint density at radius 2 is 1.81 bits per heavy atom. The first kappa shape index (κ1) is 20.9. The van der Waals surface area contributed by atoms with Gasteiger partial charge < -0.3 is 14.8 Å². The molecular formula is C22H25N3O6. The van der Waals surface area contributed by atoms with Crippen molar-refractivity contribution >= 4 is 11.7 Å². The first-order valence-electron chi connectivity index (χ1n) is 10.6. The van der Waals surface area contributed by atoms with Crippen LogP contribution in [-0.2, 0) is 24.2 Å². The Labute approximate surface area is 178 Å². The highest BCUT2D eigenvalue weighted by Crippen LogP contribution is 2.30. The number of nitrogens with one attached hydrogen (secondary N) is 2. The maximum absolute atomic E-state index is 12.5. The maximum Gasteiger partial charge on any atom is 0.328 e. The highest BCUT2D eigenvalue weighted by Gasteiger charge is 2.19. The van der Waals surface area contributed by atoms with Crippen LogP contribution < -0.4 is 26.0 Å². The fourth-order valence-electron chi connectivity index (χ4n) is 3.95. The number of rotatable bonds is 6. The van der Waals surface area contributed by atoms with Crippen molar-refractivity contribution in [3.63, 3.8) is 0 Å². The van der Waals surface area contributed by atoms with Gasteiger partial charge in [0.05, 0.1) is 19.8 Å². The van der Waals surface area contributed by atoms with Crippen molar-refractivity contribution in [3.05, 3.63) is 55.9 Å². The zero-order valence-corrected chi connectivity index (χ0v) is 17.2. The molecule has 1 aromatic carbocycles. The minimum absolute atomic E-state index is 0.0345. The number of nitrogens with zero attached hydrogens (tertiary/aromatic N) is 1. The first-order valence-corrected chi connectivity index (χ1v) is 10.6. The molecule has 1 aromatic heterocycles. The normalized spacial score (nSPS) is 15.0. The summed E-state index contributed by atoms with van der Waals surface area (Å²) in [5.74, 6) is 0.539. The standard InChI is InChI=1S/C22H25N3O6/c26-17(14-6-7-18-19(12-14)31-11-3-10-30-18)13-23-20(27)8-9-25-16-5-2-1-4-15(16)21(28)24-22(25)29/h6-7,12H,1-5,8-11,13H2,(H,23,27)(H,24,28,29). The Balaban J connectivity index is 1.35. The van der Waals surface area contributed by atoms with E-state index in [9.17, 15) is 19.2 Å². The SMILES string of the molecule is O=C(CCn1c2c(c(=O)[nH]c1=O)CCCC2)NCC(=O)c1ccc2c(c1)OCCCO2. The Bertz CT molecular complexity index is 1120. The second-order valence-corrected chi connectivity index (χ2v) is 7.71. The fraction of sp³-hybridized carbons (Fsp3) is 0.455. The van der Waals surface area contributed by atoms with Crippen molar-refractivity contribution < 1.29 is 19.1 Å². The molecular weight excluding hydrogens is 402 g/mol. The number of ketones is 1. The second kappa shape index (κ2) is 9.20. The smallest absolute Gasteiger partial charge is 0.328 e. The molecule has 1 aliphatic heterocycles. The summed E-state index contributed by atoms with van der Waals surface area (Å²) in [6, 6.07) is 4.97. The molecule has 2 aromatic rings. The van der Waals surface area contributed by atoms with Gasteiger partial charge in [0.2, 0.25) is 5.91 Å². The van der Waals surface area contributed by atoms with Crippen LogP contribution in [0.5, 0.6) is 11.5 Å². The Kier molecular flexibility index (Phi) is 6.20. The molecule has 0 radical (unpaired) electrons. The summed E-state index contributed by atoms with van der Waals surface area (Å²) in [7, 11) is 0. The number of carbonyl (C=O) groups excluding carboxylic acids is 2. The van der Waals surface area contributed by atoms with Crippen LogP contribution >= 0.6 is 0 Å². The van der Waals surface area contributed by atoms with Gasteiger partial charge in [-0.1, -0.05) is 0 Å². The lowest BCUT2D eigenvalue weighted by atomic mass is 9.97. The van der Waals surface area contributed by atoms with Crippen LogP contribution in [0.1, 0.15) is 47.3 Å². The molecule has 31 heavy (non-hydrogen) atoms. The van der Waals surface area contributed by atoms with Crippen LogP contribution in [0.25, 0.3) is 0 Å². The lowest BCUT2D eigenvalue weighted by molar-refractivity contribution is -0.121. The number of ether oxygens (including phenoxy) is 2. The van der Waals surface area contributed by atoms with E-state index in [1.807, 2.05) is 0 Å². The summed E-state index contributed by atoms with van der Waals surface area (Å²) in [5, 5.41) is 2.61. The third-order valence-corrected chi connectivity index (χ3v) is 5.58. The topological polar surface area (TPSA) is 119 Å². The lowest BCUT2D eigenvalue weighted by Gasteiger charge is -2.19. The summed E-state index contributed by atoms with van der Waals surface area (Å²) in [6.07, 6.45) is 3.92. The van der Waals surface area contributed by atoms with E-state index in [0.717, 1.165) is 25.0 Å². The van der Waals surface area contributed by atoms with E-state index in [1.54, 1.807) is 18.2 Å². The van der Waals surface area contributed by atoms with Crippen LogP contribution in [0.3, 0.4) is 0 Å². The zero-order valence-electron chi connectivity index (χ0n) is 17.2. The van der Waals surface area contributed by atoms with Crippen LogP contribution in [0.2, 0.25) is 0 Å². The van der Waals surface area contributed by atoms with Crippen molar-refractivity contribution in [2.75, 3.05) is 19.8 Å². The fourth-order valence-corrected chi connectivity index (χ4v) is 3.95. The first-order chi connectivity index (χ1) is 15.0. The van der Waals surface area contributed by atoms with Gasteiger partial charge in [0, 0.05) is 36.2 Å². The number of benzene rings is 1. The Morgan fingerprint density at radius 1 is 1.03 bits per heavy atom. The van der Waals surface area contributed by atoms with Crippen LogP contribution in [0.15, 0.2) is 27.8 Å². The summed E-state index contributed by atoms with van der Waals surface area (Å²) >= 11 is 0. The molecule has 0 spiro atoms. The molecule has 0 saturated carbocycles. The molecule has 9 heteroatoms. The average Bonchev–Trinajstić information content (AvgIpc) is 3.02. The van der Waals surface area contributed by atoms with Crippen molar-refractivity contribution in [2.45, 2.75) is 45.1 Å². The average molecular weight is 427 g/mol. The van der Waals surface area contributed by atoms with Crippen LogP contribution in [-0.4, -0.2) is 41.0 Å². The van der Waals surface area contributed by atoms with Gasteiger partial charge >= 0.3 is 5.69 Å². The van der Waals surface area contributed by atoms with E-state index < -0.39 is 5.69 Å². The van der Waals surface area contributed by atoms with Gasteiger partial charge in [0.15, 0.2) is 17.3 Å². The number of hydrogen-bond acceptors (Lipinski definition) is 6. The van der Waals surface area contributed by atoms with Gasteiger partial charge in [-0.15, -0.1) is 0 Å². The zero-order chi connectivity index (χ0) is 21.8. The Hall–Kier alpha value is -3.36. The predicted octanol–water partition coefficient (Wildman–Crippen LogP) is 0.966. The van der Waals surface area contributed by atoms with Crippen molar-refractivity contribution in [1.29, 1.82) is 0 Å². The minimum atomic E-state index is -0.498. The lowest BCUT2D eigenvalue weighted by Crippen LogP contribution is -2.38. The number of hydrogen-bond donors (Lipinski definition) is 2. The Morgan fingerprint density at radius 3 is 2.65 bits per heavy atom. The summed E-state index contributed by atoms with van der Waals surface area (Å²) in [4.78, 5) is 51.3. The summed E-state index contributed by atoms with van der Waals surface area (Å²) < 4.78 is 12.6. The van der Waals surface area contributed by atoms with Crippen molar-refractivity contribution in [3.8, 4) is 11.5 Å². The largest absolute Gasteiger partial charge is 0.490 e. The molecule has 0 atom stereocenters. The van der Waals surface area contributed by atoms with Gasteiger partial charge in [0.25, 0.3) is 5.56 Å². The number of aromatic amines is 1. The third-order valence-electron chi connectivity index (χ3n) is 5.58. The molecule has 0 fully saturated rings. The van der Waals surface area contributed by atoms with E-state index >= 15 is 0 Å². The second-order valence-electron chi connectivity index (χ2n) is 7.71. The monoisotopic (exact) mass is 427 g/mol. The van der Waals surface area contributed by atoms with E-state index in [0.29, 0.717) is 48.7 Å². The molecule has 0 saturated heterocycles. The van der Waals surface area contributed by atoms with Gasteiger partial charge in [-0.25, -0.2) is 4.79 Å². The number of carbonyl (C=O) groups is 2. The molecule has 164 valence electrons. The number of fused-ring (bicyclic) bond motifs is 2.